The molecule has 0 bridgehead atoms. The number of nitrogens with one attached hydrogen (secondary N) is 2. The fourth-order valence-corrected chi connectivity index (χ4v) is 2.34. The zero-order valence-electron chi connectivity index (χ0n) is 12.3. The lowest BCUT2D eigenvalue weighted by atomic mass is 10.1. The van der Waals surface area contributed by atoms with E-state index >= 15 is 0 Å². The minimum atomic E-state index is -1.24. The van der Waals surface area contributed by atoms with Gasteiger partial charge >= 0.3 is 11.9 Å². The summed E-state index contributed by atoms with van der Waals surface area (Å²) < 4.78 is 0.176. The maximum absolute atomic E-state index is 11.9. The van der Waals surface area contributed by atoms with Gasteiger partial charge in [-0.25, -0.2) is 0 Å². The minimum Gasteiger partial charge on any atom is -0.480 e. The largest absolute Gasteiger partial charge is 0.480 e. The van der Waals surface area contributed by atoms with Gasteiger partial charge in [0.1, 0.15) is 18.6 Å². The number of hydrogen-bond donors (Lipinski definition) is 5. The third-order valence-corrected chi connectivity index (χ3v) is 4.33. The average Bonchev–Trinajstić information content (AvgIpc) is 2.53. The number of thioether (sulfide) groups is 1. The number of carboxylic acids is 2. The Morgan fingerprint density at radius 2 is 1.88 bits per heavy atom. The van der Waals surface area contributed by atoms with Crippen molar-refractivity contribution in [3.05, 3.63) is 9.90 Å². The van der Waals surface area contributed by atoms with Gasteiger partial charge < -0.3 is 26.6 Å². The van der Waals surface area contributed by atoms with Gasteiger partial charge in [-0.05, 0) is 6.42 Å². The van der Waals surface area contributed by atoms with Crippen molar-refractivity contribution in [2.75, 3.05) is 12.3 Å². The predicted octanol–water partition coefficient (Wildman–Crippen LogP) is -0.126. The Morgan fingerprint density at radius 3 is 2.38 bits per heavy atom. The number of carboxylic acid groups (broad SMARTS) is 2. The van der Waals surface area contributed by atoms with Crippen molar-refractivity contribution in [1.82, 2.24) is 10.6 Å². The van der Waals surface area contributed by atoms with E-state index in [0.717, 1.165) is 17.3 Å². The van der Waals surface area contributed by atoms with Crippen LogP contribution in [0.2, 0.25) is 0 Å². The Kier molecular flexibility index (Phi) is 11.2. The first kappa shape index (κ1) is 22.5. The first-order valence-electron chi connectivity index (χ1n) is 6.53. The molecule has 12 heteroatoms. The molecule has 136 valence electrons. The van der Waals surface area contributed by atoms with Crippen LogP contribution >= 0.6 is 35.0 Å². The molecule has 2 amide bonds. The zero-order valence-corrected chi connectivity index (χ0v) is 14.7. The molecule has 24 heavy (non-hydrogen) atoms. The van der Waals surface area contributed by atoms with Crippen LogP contribution in [0, 0.1) is 0 Å². The third-order valence-electron chi connectivity index (χ3n) is 2.54. The van der Waals surface area contributed by atoms with E-state index in [0.29, 0.717) is 0 Å². The summed E-state index contributed by atoms with van der Waals surface area (Å²) in [5.41, 5.74) is 6.36. The van der Waals surface area contributed by atoms with Gasteiger partial charge in [-0.2, -0.15) is 0 Å². The van der Waals surface area contributed by atoms with E-state index in [2.05, 4.69) is 10.6 Å². The van der Waals surface area contributed by atoms with Crippen molar-refractivity contribution >= 4 is 58.7 Å². The quantitative estimate of drug-likeness (QED) is 0.320. The second kappa shape index (κ2) is 12.0. The SMILES string of the molecule is NC(CCC(=O)NC(CS/C(Cl)=C/Cl)C(=O)NCC(=O)O)C(=O)O. The molecule has 0 aliphatic rings. The molecule has 0 spiro atoms. The predicted molar refractivity (Wildman–Crippen MR) is 89.7 cm³/mol. The van der Waals surface area contributed by atoms with Crippen molar-refractivity contribution in [2.45, 2.75) is 24.9 Å². The smallest absolute Gasteiger partial charge is 0.322 e. The second-order valence-electron chi connectivity index (χ2n) is 4.44. The molecular formula is C12H17Cl2N3O6S. The number of hydrogen-bond acceptors (Lipinski definition) is 6. The van der Waals surface area contributed by atoms with E-state index in [9.17, 15) is 19.2 Å². The topological polar surface area (TPSA) is 159 Å². The molecule has 0 aliphatic heterocycles. The lowest BCUT2D eigenvalue weighted by molar-refractivity contribution is -0.139. The molecular weight excluding hydrogens is 385 g/mol. The summed E-state index contributed by atoms with van der Waals surface area (Å²) in [5, 5.41) is 21.7. The average molecular weight is 402 g/mol. The first-order valence-corrected chi connectivity index (χ1v) is 8.33. The lowest BCUT2D eigenvalue weighted by Crippen LogP contribution is -2.49. The van der Waals surface area contributed by atoms with Gasteiger partial charge in [-0.3, -0.25) is 19.2 Å². The molecule has 0 saturated heterocycles. The Hall–Kier alpha value is -1.49. The van der Waals surface area contributed by atoms with Crippen LogP contribution in [-0.2, 0) is 19.2 Å². The van der Waals surface area contributed by atoms with Crippen molar-refractivity contribution < 1.29 is 29.4 Å². The van der Waals surface area contributed by atoms with E-state index in [1.54, 1.807) is 0 Å². The molecule has 0 aliphatic carbocycles. The van der Waals surface area contributed by atoms with Crippen LogP contribution in [-0.4, -0.2) is 58.3 Å². The molecule has 0 radical (unpaired) electrons. The van der Waals surface area contributed by atoms with Gasteiger partial charge in [0.05, 0.1) is 4.36 Å². The van der Waals surface area contributed by atoms with Crippen molar-refractivity contribution in [2.24, 2.45) is 5.73 Å². The van der Waals surface area contributed by atoms with Gasteiger partial charge in [0.25, 0.3) is 0 Å². The van der Waals surface area contributed by atoms with E-state index in [1.165, 1.54) is 0 Å². The summed E-state index contributed by atoms with van der Waals surface area (Å²) in [6.07, 6.45) is -0.319. The molecule has 2 atom stereocenters. The molecule has 0 aromatic rings. The van der Waals surface area contributed by atoms with Crippen LogP contribution < -0.4 is 16.4 Å². The fraction of sp³-hybridized carbons (Fsp3) is 0.500. The summed E-state index contributed by atoms with van der Waals surface area (Å²) in [6.45, 7) is -0.612. The van der Waals surface area contributed by atoms with Crippen LogP contribution in [0.25, 0.3) is 0 Å². The molecule has 2 unspecified atom stereocenters. The molecule has 0 fully saturated rings. The standard InChI is InChI=1S/C12H17Cl2N3O6S/c13-3-8(14)24-5-7(11(21)16-4-10(19)20)17-9(18)2-1-6(15)12(22)23/h3,6-7H,1-2,4-5,15H2,(H,16,21)(H,17,18)(H,19,20)(H,22,23)/b8-3+. The van der Waals surface area contributed by atoms with Crippen LogP contribution in [0.5, 0.6) is 0 Å². The number of carbonyl (C=O) groups excluding carboxylic acids is 2. The summed E-state index contributed by atoms with van der Waals surface area (Å²) >= 11 is 12.0. The second-order valence-corrected chi connectivity index (χ2v) is 6.35. The normalized spacial score (nSPS) is 13.7. The first-order chi connectivity index (χ1) is 11.2. The van der Waals surface area contributed by atoms with Gasteiger partial charge in [0.2, 0.25) is 11.8 Å². The molecule has 0 saturated carbocycles. The zero-order chi connectivity index (χ0) is 18.7. The number of rotatable bonds is 11. The molecule has 0 aromatic carbocycles. The Balaban J connectivity index is 4.66. The molecule has 0 rings (SSSR count). The number of halogens is 2. The van der Waals surface area contributed by atoms with Gasteiger partial charge in [0, 0.05) is 17.7 Å². The van der Waals surface area contributed by atoms with Crippen LogP contribution in [0.1, 0.15) is 12.8 Å². The Labute approximate surface area is 151 Å². The van der Waals surface area contributed by atoms with Crippen molar-refractivity contribution in [1.29, 1.82) is 0 Å². The van der Waals surface area contributed by atoms with Crippen molar-refractivity contribution in [3.63, 3.8) is 0 Å². The lowest BCUT2D eigenvalue weighted by Gasteiger charge is -2.18. The molecule has 9 nitrogen and oxygen atoms in total. The highest BCUT2D eigenvalue weighted by Crippen LogP contribution is 2.21. The Bertz CT molecular complexity index is 517. The van der Waals surface area contributed by atoms with Crippen molar-refractivity contribution in [3.8, 4) is 0 Å². The van der Waals surface area contributed by atoms with E-state index in [4.69, 9.17) is 39.1 Å². The maximum Gasteiger partial charge on any atom is 0.322 e. The van der Waals surface area contributed by atoms with Crippen LogP contribution in [0.15, 0.2) is 9.90 Å². The summed E-state index contributed by atoms with van der Waals surface area (Å²) in [7, 11) is 0. The highest BCUT2D eigenvalue weighted by molar-refractivity contribution is 8.04. The minimum absolute atomic E-state index is 0.00420. The van der Waals surface area contributed by atoms with Crippen LogP contribution in [0.3, 0.4) is 0 Å². The van der Waals surface area contributed by atoms with Gasteiger partial charge in [0.15, 0.2) is 0 Å². The van der Waals surface area contributed by atoms with E-state index in [-0.39, 0.29) is 23.0 Å². The molecule has 0 aromatic heterocycles. The maximum atomic E-state index is 11.9. The monoisotopic (exact) mass is 401 g/mol. The van der Waals surface area contributed by atoms with E-state index < -0.39 is 42.4 Å². The summed E-state index contributed by atoms with van der Waals surface area (Å²) in [6, 6.07) is -2.27. The number of aliphatic carboxylic acids is 2. The van der Waals surface area contributed by atoms with Gasteiger partial charge in [-0.15, -0.1) is 11.8 Å². The van der Waals surface area contributed by atoms with E-state index in [1.807, 2.05) is 0 Å². The Morgan fingerprint density at radius 1 is 1.25 bits per heavy atom. The van der Waals surface area contributed by atoms with Gasteiger partial charge in [-0.1, -0.05) is 23.2 Å². The highest BCUT2D eigenvalue weighted by Gasteiger charge is 2.22. The van der Waals surface area contributed by atoms with Crippen LogP contribution in [0.4, 0.5) is 0 Å². The number of nitrogens with two attached hydrogens (primary N) is 1. The molecule has 0 heterocycles. The fourth-order valence-electron chi connectivity index (χ4n) is 1.34. The summed E-state index contributed by atoms with van der Waals surface area (Å²) in [4.78, 5) is 44.8. The highest BCUT2D eigenvalue weighted by atomic mass is 35.5. The third kappa shape index (κ3) is 10.3. The summed E-state index contributed by atoms with van der Waals surface area (Å²) in [5.74, 6) is -3.81. The number of carbonyl (C=O) groups is 4. The molecule has 6 N–H and O–H groups in total. The number of amides is 2.